The van der Waals surface area contributed by atoms with Gasteiger partial charge < -0.3 is 0 Å². The van der Waals surface area contributed by atoms with Gasteiger partial charge in [-0.3, -0.25) is 0 Å². The van der Waals surface area contributed by atoms with Gasteiger partial charge in [-0.25, -0.2) is 22.5 Å². The minimum absolute atomic E-state index is 0.00280. The van der Waals surface area contributed by atoms with E-state index < -0.39 is 21.9 Å². The van der Waals surface area contributed by atoms with Crippen molar-refractivity contribution in [1.82, 2.24) is 9.71 Å². The number of rotatable bonds is 5. The van der Waals surface area contributed by atoms with E-state index in [1.165, 1.54) is 17.4 Å². The predicted octanol–water partition coefficient (Wildman–Crippen LogP) is 3.65. The maximum Gasteiger partial charge on any atom is 0.242 e. The molecule has 1 N–H and O–H groups in total. The van der Waals surface area contributed by atoms with E-state index in [0.29, 0.717) is 5.01 Å². The quantitative estimate of drug-likeness (QED) is 0.844. The Balaban J connectivity index is 2.24. The molecule has 1 heterocycles. The number of aromatic nitrogens is 1. The van der Waals surface area contributed by atoms with Crippen LogP contribution in [0.15, 0.2) is 33.8 Å². The average molecular weight is 393 g/mol. The fraction of sp³-hybridized carbons (Fsp3) is 0.308. The number of hydrogen-bond donors (Lipinski definition) is 1. The first kappa shape index (κ1) is 16.5. The molecule has 0 aliphatic rings. The Bertz CT molecular complexity index is 746. The Labute approximate surface area is 135 Å². The van der Waals surface area contributed by atoms with E-state index in [1.54, 1.807) is 13.1 Å². The van der Waals surface area contributed by atoms with E-state index in [1.807, 2.05) is 6.92 Å². The third kappa shape index (κ3) is 3.88. The molecule has 0 aliphatic carbocycles. The summed E-state index contributed by atoms with van der Waals surface area (Å²) < 4.78 is 40.5. The second-order valence-electron chi connectivity index (χ2n) is 4.44. The van der Waals surface area contributed by atoms with E-state index in [-0.39, 0.29) is 9.37 Å². The molecule has 21 heavy (non-hydrogen) atoms. The number of hydrogen-bond acceptors (Lipinski definition) is 4. The Kier molecular flexibility index (Phi) is 5.13. The minimum atomic E-state index is -3.75. The number of nitrogens with zero attached hydrogens (tertiary/aromatic N) is 1. The van der Waals surface area contributed by atoms with Gasteiger partial charge in [0.2, 0.25) is 10.0 Å². The molecule has 0 amide bonds. The van der Waals surface area contributed by atoms with Gasteiger partial charge in [-0.2, -0.15) is 0 Å². The highest BCUT2D eigenvalue weighted by molar-refractivity contribution is 9.10. The van der Waals surface area contributed by atoms with Gasteiger partial charge in [0.15, 0.2) is 0 Å². The van der Waals surface area contributed by atoms with Gasteiger partial charge in [0.1, 0.15) is 10.8 Å². The number of benzene rings is 1. The van der Waals surface area contributed by atoms with Crippen molar-refractivity contribution in [2.75, 3.05) is 0 Å². The molecule has 8 heteroatoms. The maximum absolute atomic E-state index is 13.1. The third-order valence-corrected chi connectivity index (χ3v) is 6.65. The summed E-state index contributed by atoms with van der Waals surface area (Å²) >= 11 is 4.55. The molecule has 0 spiro atoms. The monoisotopic (exact) mass is 392 g/mol. The van der Waals surface area contributed by atoms with Gasteiger partial charge in [-0.05, 0) is 47.5 Å². The first-order valence-corrected chi connectivity index (χ1v) is 9.34. The molecular formula is C13H14BrFN2O2S2. The Morgan fingerprint density at radius 2 is 2.19 bits per heavy atom. The zero-order valence-electron chi connectivity index (χ0n) is 11.4. The fourth-order valence-electron chi connectivity index (χ4n) is 1.73. The Morgan fingerprint density at radius 1 is 1.48 bits per heavy atom. The number of halogens is 2. The van der Waals surface area contributed by atoms with Gasteiger partial charge in [0.25, 0.3) is 0 Å². The van der Waals surface area contributed by atoms with Crippen LogP contribution in [0, 0.1) is 5.82 Å². The SMILES string of the molecule is CCc1cnc(C(C)NS(=O)(=O)c2ccc(F)cc2Br)s1. The maximum atomic E-state index is 13.1. The zero-order valence-corrected chi connectivity index (χ0v) is 14.6. The molecule has 4 nitrogen and oxygen atoms in total. The second kappa shape index (κ2) is 6.51. The molecule has 1 aromatic carbocycles. The van der Waals surface area contributed by atoms with E-state index in [9.17, 15) is 12.8 Å². The molecule has 0 aliphatic heterocycles. The van der Waals surface area contributed by atoms with Crippen LogP contribution < -0.4 is 4.72 Å². The van der Waals surface area contributed by atoms with Crippen molar-refractivity contribution in [3.8, 4) is 0 Å². The van der Waals surface area contributed by atoms with Crippen molar-refractivity contribution < 1.29 is 12.8 Å². The summed E-state index contributed by atoms with van der Waals surface area (Å²) in [7, 11) is -3.75. The normalized spacial score (nSPS) is 13.3. The molecular weight excluding hydrogens is 379 g/mol. The van der Waals surface area contributed by atoms with Gasteiger partial charge in [-0.15, -0.1) is 11.3 Å². The standard InChI is InChI=1S/C13H14BrFN2O2S2/c1-3-10-7-16-13(20-10)8(2)17-21(18,19)12-5-4-9(15)6-11(12)14/h4-8,17H,3H2,1-2H3. The highest BCUT2D eigenvalue weighted by Crippen LogP contribution is 2.26. The van der Waals surface area contributed by atoms with Crippen LogP contribution in [-0.4, -0.2) is 13.4 Å². The van der Waals surface area contributed by atoms with Crippen LogP contribution in [0.25, 0.3) is 0 Å². The van der Waals surface area contributed by atoms with Crippen molar-refractivity contribution >= 4 is 37.3 Å². The molecule has 0 fully saturated rings. The summed E-state index contributed by atoms with van der Waals surface area (Å²) in [5.41, 5.74) is 0. The number of nitrogens with one attached hydrogen (secondary N) is 1. The van der Waals surface area contributed by atoms with Crippen molar-refractivity contribution in [2.24, 2.45) is 0 Å². The molecule has 0 bridgehead atoms. The van der Waals surface area contributed by atoms with Crippen LogP contribution in [0.5, 0.6) is 0 Å². The summed E-state index contributed by atoms with van der Waals surface area (Å²) in [4.78, 5) is 5.32. The topological polar surface area (TPSA) is 59.1 Å². The lowest BCUT2D eigenvalue weighted by molar-refractivity contribution is 0.565. The highest BCUT2D eigenvalue weighted by Gasteiger charge is 2.22. The summed E-state index contributed by atoms with van der Waals surface area (Å²) in [6.45, 7) is 3.75. The zero-order chi connectivity index (χ0) is 15.6. The van der Waals surface area contributed by atoms with E-state index in [0.717, 1.165) is 23.4 Å². The highest BCUT2D eigenvalue weighted by atomic mass is 79.9. The largest absolute Gasteiger partial charge is 0.248 e. The van der Waals surface area contributed by atoms with Crippen LogP contribution >= 0.6 is 27.3 Å². The molecule has 2 rings (SSSR count). The van der Waals surface area contributed by atoms with Crippen LogP contribution in [0.2, 0.25) is 0 Å². The summed E-state index contributed by atoms with van der Waals surface area (Å²) in [5.74, 6) is -0.499. The number of aryl methyl sites for hydroxylation is 1. The summed E-state index contributed by atoms with van der Waals surface area (Å²) in [5, 5.41) is 0.702. The first-order valence-electron chi connectivity index (χ1n) is 6.25. The third-order valence-electron chi connectivity index (χ3n) is 2.81. The van der Waals surface area contributed by atoms with Gasteiger partial charge in [0.05, 0.1) is 10.9 Å². The van der Waals surface area contributed by atoms with Crippen molar-refractivity contribution in [1.29, 1.82) is 0 Å². The average Bonchev–Trinajstić information content (AvgIpc) is 2.86. The first-order chi connectivity index (χ1) is 9.83. The molecule has 2 aromatic rings. The second-order valence-corrected chi connectivity index (χ2v) is 8.12. The van der Waals surface area contributed by atoms with Crippen molar-refractivity contribution in [3.05, 3.63) is 44.6 Å². The molecule has 1 atom stereocenters. The van der Waals surface area contributed by atoms with Crippen LogP contribution in [0.4, 0.5) is 4.39 Å². The van der Waals surface area contributed by atoms with Gasteiger partial charge in [-0.1, -0.05) is 6.92 Å². The van der Waals surface area contributed by atoms with E-state index >= 15 is 0 Å². The van der Waals surface area contributed by atoms with Crippen LogP contribution in [-0.2, 0) is 16.4 Å². The lowest BCUT2D eigenvalue weighted by atomic mass is 10.3. The molecule has 0 radical (unpaired) electrons. The molecule has 114 valence electrons. The predicted molar refractivity (Wildman–Crippen MR) is 84.3 cm³/mol. The smallest absolute Gasteiger partial charge is 0.242 e. The number of sulfonamides is 1. The minimum Gasteiger partial charge on any atom is -0.248 e. The lowest BCUT2D eigenvalue weighted by Gasteiger charge is -2.13. The van der Waals surface area contributed by atoms with Crippen molar-refractivity contribution in [3.63, 3.8) is 0 Å². The van der Waals surface area contributed by atoms with Crippen molar-refractivity contribution in [2.45, 2.75) is 31.2 Å². The lowest BCUT2D eigenvalue weighted by Crippen LogP contribution is -2.27. The summed E-state index contributed by atoms with van der Waals surface area (Å²) in [6.07, 6.45) is 2.61. The summed E-state index contributed by atoms with van der Waals surface area (Å²) in [6, 6.07) is 3.02. The Morgan fingerprint density at radius 3 is 2.76 bits per heavy atom. The van der Waals surface area contributed by atoms with E-state index in [2.05, 4.69) is 25.6 Å². The fourth-order valence-corrected chi connectivity index (χ4v) is 4.92. The Hall–Kier alpha value is -0.830. The molecule has 0 saturated carbocycles. The molecule has 1 aromatic heterocycles. The van der Waals surface area contributed by atoms with Crippen LogP contribution in [0.3, 0.4) is 0 Å². The number of thiazole rings is 1. The van der Waals surface area contributed by atoms with Gasteiger partial charge >= 0.3 is 0 Å². The van der Waals surface area contributed by atoms with Gasteiger partial charge in [0, 0.05) is 15.5 Å². The van der Waals surface area contributed by atoms with E-state index in [4.69, 9.17) is 0 Å². The molecule has 1 unspecified atom stereocenters. The molecule has 0 saturated heterocycles. The van der Waals surface area contributed by atoms with Crippen LogP contribution in [0.1, 0.15) is 29.8 Å².